The molecule has 1 aliphatic rings. The molecule has 2 aromatic rings. The van der Waals surface area contributed by atoms with Crippen LogP contribution in [0.25, 0.3) is 5.69 Å². The molecule has 0 bridgehead atoms. The van der Waals surface area contributed by atoms with Gasteiger partial charge in [0.15, 0.2) is 0 Å². The molecule has 0 unspecified atom stereocenters. The SMILES string of the molecule is Cc1nn(-c2ccccc2)c(C)c1NC(=O)CN1CCN(C(=O)C(C)C)CC1. The van der Waals surface area contributed by atoms with Crippen molar-refractivity contribution < 1.29 is 9.59 Å². The Bertz CT molecular complexity index is 836. The number of rotatable bonds is 5. The molecule has 0 atom stereocenters. The van der Waals surface area contributed by atoms with Crippen molar-refractivity contribution in [3.8, 4) is 5.69 Å². The number of carbonyl (C=O) groups is 2. The number of aromatic nitrogens is 2. The third-order valence-corrected chi connectivity index (χ3v) is 5.10. The summed E-state index contributed by atoms with van der Waals surface area (Å²) in [6, 6.07) is 9.87. The van der Waals surface area contributed by atoms with Crippen molar-refractivity contribution >= 4 is 17.5 Å². The summed E-state index contributed by atoms with van der Waals surface area (Å²) in [6.45, 7) is 10.8. The van der Waals surface area contributed by atoms with Crippen molar-refractivity contribution in [2.24, 2.45) is 5.92 Å². The van der Waals surface area contributed by atoms with E-state index in [9.17, 15) is 9.59 Å². The first-order valence-corrected chi connectivity index (χ1v) is 9.79. The highest BCUT2D eigenvalue weighted by Gasteiger charge is 2.24. The van der Waals surface area contributed by atoms with E-state index >= 15 is 0 Å². The number of nitrogens with zero attached hydrogens (tertiary/aromatic N) is 4. The van der Waals surface area contributed by atoms with E-state index in [0.717, 1.165) is 22.8 Å². The van der Waals surface area contributed by atoms with E-state index in [2.05, 4.69) is 15.3 Å². The highest BCUT2D eigenvalue weighted by molar-refractivity contribution is 5.93. The zero-order chi connectivity index (χ0) is 20.3. The summed E-state index contributed by atoms with van der Waals surface area (Å²) in [7, 11) is 0. The summed E-state index contributed by atoms with van der Waals surface area (Å²) in [6.07, 6.45) is 0. The maximum absolute atomic E-state index is 12.6. The van der Waals surface area contributed by atoms with Crippen LogP contribution < -0.4 is 5.32 Å². The van der Waals surface area contributed by atoms with Crippen LogP contribution in [0.4, 0.5) is 5.69 Å². The molecule has 0 radical (unpaired) electrons. The van der Waals surface area contributed by atoms with Crippen molar-refractivity contribution in [2.75, 3.05) is 38.0 Å². The lowest BCUT2D eigenvalue weighted by atomic mass is 10.1. The van der Waals surface area contributed by atoms with E-state index in [1.54, 1.807) is 0 Å². The Morgan fingerprint density at radius 3 is 2.32 bits per heavy atom. The molecule has 7 heteroatoms. The molecule has 2 amide bonds. The van der Waals surface area contributed by atoms with Crippen molar-refractivity contribution in [1.29, 1.82) is 0 Å². The van der Waals surface area contributed by atoms with Crippen LogP contribution >= 0.6 is 0 Å². The highest BCUT2D eigenvalue weighted by atomic mass is 16.2. The predicted molar refractivity (Wildman–Crippen MR) is 110 cm³/mol. The average Bonchev–Trinajstić information content (AvgIpc) is 2.97. The summed E-state index contributed by atoms with van der Waals surface area (Å²) in [4.78, 5) is 28.6. The molecule has 0 aliphatic carbocycles. The Morgan fingerprint density at radius 2 is 1.71 bits per heavy atom. The number of hydrogen-bond acceptors (Lipinski definition) is 4. The Morgan fingerprint density at radius 1 is 1.07 bits per heavy atom. The minimum atomic E-state index is -0.0533. The predicted octanol–water partition coefficient (Wildman–Crippen LogP) is 2.23. The van der Waals surface area contributed by atoms with Crippen molar-refractivity contribution in [2.45, 2.75) is 27.7 Å². The molecule has 1 N–H and O–H groups in total. The normalized spacial score (nSPS) is 15.1. The van der Waals surface area contributed by atoms with Crippen LogP contribution in [0.5, 0.6) is 0 Å². The molecule has 0 saturated carbocycles. The largest absolute Gasteiger partial charge is 0.340 e. The zero-order valence-electron chi connectivity index (χ0n) is 17.1. The Hall–Kier alpha value is -2.67. The summed E-state index contributed by atoms with van der Waals surface area (Å²) in [5.41, 5.74) is 3.43. The average molecular weight is 383 g/mol. The third-order valence-electron chi connectivity index (χ3n) is 5.10. The minimum absolute atomic E-state index is 0.0157. The maximum Gasteiger partial charge on any atom is 0.238 e. The van der Waals surface area contributed by atoms with Crippen LogP contribution in [0.3, 0.4) is 0 Å². The van der Waals surface area contributed by atoms with Crippen LogP contribution in [0.1, 0.15) is 25.2 Å². The smallest absolute Gasteiger partial charge is 0.238 e. The molecule has 3 rings (SSSR count). The number of para-hydroxylation sites is 1. The molecule has 1 aromatic carbocycles. The number of aryl methyl sites for hydroxylation is 1. The van der Waals surface area contributed by atoms with Gasteiger partial charge in [0.2, 0.25) is 11.8 Å². The second-order valence-corrected chi connectivity index (χ2v) is 7.60. The van der Waals surface area contributed by atoms with Gasteiger partial charge in [0.25, 0.3) is 0 Å². The first kappa shape index (κ1) is 20.1. The van der Waals surface area contributed by atoms with Gasteiger partial charge < -0.3 is 10.2 Å². The Labute approximate surface area is 166 Å². The molecule has 150 valence electrons. The van der Waals surface area contributed by atoms with Crippen molar-refractivity contribution in [1.82, 2.24) is 19.6 Å². The van der Waals surface area contributed by atoms with Crippen LogP contribution in [-0.4, -0.2) is 64.1 Å². The van der Waals surface area contributed by atoms with Gasteiger partial charge in [-0.2, -0.15) is 5.10 Å². The molecule has 28 heavy (non-hydrogen) atoms. The maximum atomic E-state index is 12.6. The van der Waals surface area contributed by atoms with Gasteiger partial charge in [-0.3, -0.25) is 14.5 Å². The van der Waals surface area contributed by atoms with E-state index in [1.165, 1.54) is 0 Å². The van der Waals surface area contributed by atoms with Crippen molar-refractivity contribution in [3.05, 3.63) is 41.7 Å². The first-order valence-electron chi connectivity index (χ1n) is 9.79. The molecule has 2 heterocycles. The summed E-state index contributed by atoms with van der Waals surface area (Å²) >= 11 is 0. The van der Waals surface area contributed by atoms with Crippen molar-refractivity contribution in [3.63, 3.8) is 0 Å². The quantitative estimate of drug-likeness (QED) is 0.860. The number of carbonyl (C=O) groups excluding carboxylic acids is 2. The zero-order valence-corrected chi connectivity index (χ0v) is 17.1. The monoisotopic (exact) mass is 383 g/mol. The van der Waals surface area contributed by atoms with Gasteiger partial charge in [-0.25, -0.2) is 4.68 Å². The molecule has 1 aromatic heterocycles. The third kappa shape index (κ3) is 4.42. The number of nitrogens with one attached hydrogen (secondary N) is 1. The van der Waals surface area contributed by atoms with E-state index in [0.29, 0.717) is 32.7 Å². The summed E-state index contributed by atoms with van der Waals surface area (Å²) in [5.74, 6) is 0.146. The van der Waals surface area contributed by atoms with Gasteiger partial charge in [0, 0.05) is 32.1 Å². The number of benzene rings is 1. The van der Waals surface area contributed by atoms with Gasteiger partial charge in [-0.1, -0.05) is 32.0 Å². The minimum Gasteiger partial charge on any atom is -0.340 e. The second-order valence-electron chi connectivity index (χ2n) is 7.60. The fraction of sp³-hybridized carbons (Fsp3) is 0.476. The van der Waals surface area contributed by atoms with Gasteiger partial charge in [0.1, 0.15) is 0 Å². The fourth-order valence-corrected chi connectivity index (χ4v) is 3.52. The lowest BCUT2D eigenvalue weighted by Gasteiger charge is -2.35. The topological polar surface area (TPSA) is 70.5 Å². The molecular weight excluding hydrogens is 354 g/mol. The van der Waals surface area contributed by atoms with E-state index in [1.807, 2.05) is 67.6 Å². The Balaban J connectivity index is 1.59. The van der Waals surface area contributed by atoms with Crippen LogP contribution in [0.15, 0.2) is 30.3 Å². The van der Waals surface area contributed by atoms with E-state index in [4.69, 9.17) is 0 Å². The number of piperazine rings is 1. The van der Waals surface area contributed by atoms with Gasteiger partial charge >= 0.3 is 0 Å². The van der Waals surface area contributed by atoms with Crippen LogP contribution in [0.2, 0.25) is 0 Å². The van der Waals surface area contributed by atoms with E-state index in [-0.39, 0.29) is 17.7 Å². The highest BCUT2D eigenvalue weighted by Crippen LogP contribution is 2.22. The standard InChI is InChI=1S/C21H29N5O2/c1-15(2)21(28)25-12-10-24(11-13-25)14-19(27)22-20-16(3)23-26(17(20)4)18-8-6-5-7-9-18/h5-9,15H,10-14H2,1-4H3,(H,22,27). The molecule has 7 nitrogen and oxygen atoms in total. The summed E-state index contributed by atoms with van der Waals surface area (Å²) < 4.78 is 1.85. The van der Waals surface area contributed by atoms with Gasteiger partial charge in [0.05, 0.1) is 29.3 Å². The fourth-order valence-electron chi connectivity index (χ4n) is 3.52. The molecule has 1 aliphatic heterocycles. The number of amides is 2. The Kier molecular flexibility index (Phi) is 6.14. The number of hydrogen-bond donors (Lipinski definition) is 1. The molecule has 1 fully saturated rings. The molecule has 0 spiro atoms. The lowest BCUT2D eigenvalue weighted by Crippen LogP contribution is -2.51. The first-order chi connectivity index (χ1) is 13.4. The second kappa shape index (κ2) is 8.56. The van der Waals surface area contributed by atoms with Gasteiger partial charge in [-0.15, -0.1) is 0 Å². The van der Waals surface area contributed by atoms with Crippen LogP contribution in [0, 0.1) is 19.8 Å². The van der Waals surface area contributed by atoms with Crippen LogP contribution in [-0.2, 0) is 9.59 Å². The van der Waals surface area contributed by atoms with E-state index < -0.39 is 0 Å². The number of anilines is 1. The molecule has 1 saturated heterocycles. The lowest BCUT2D eigenvalue weighted by molar-refractivity contribution is -0.136. The summed E-state index contributed by atoms with van der Waals surface area (Å²) in [5, 5.41) is 7.59. The molecular formula is C21H29N5O2. The van der Waals surface area contributed by atoms with Gasteiger partial charge in [-0.05, 0) is 26.0 Å².